The van der Waals surface area contributed by atoms with Crippen LogP contribution in [0, 0.1) is 0 Å². The number of amides is 2. The van der Waals surface area contributed by atoms with Crippen LogP contribution in [0.3, 0.4) is 0 Å². The van der Waals surface area contributed by atoms with Crippen molar-refractivity contribution in [2.75, 3.05) is 11.9 Å². The number of phenolic OH excluding ortho intramolecular Hbond substituents is 1. The Hall–Kier alpha value is -2.08. The van der Waals surface area contributed by atoms with Crippen LogP contribution in [0.25, 0.3) is 0 Å². The summed E-state index contributed by atoms with van der Waals surface area (Å²) in [5, 5.41) is 9.15. The maximum absolute atomic E-state index is 11.9. The third-order valence-electron chi connectivity index (χ3n) is 2.59. The number of anilines is 1. The molecule has 0 aliphatic carbocycles. The van der Waals surface area contributed by atoms with Crippen LogP contribution in [-0.4, -0.2) is 30.0 Å². The lowest BCUT2D eigenvalue weighted by Crippen LogP contribution is -2.42. The number of rotatable bonds is 5. The standard InChI is InChI=1S/C12H17N3O3/c1-15(8-2-4-9(16)5-3-8)12(18)10(13)6-7-11(14)17/h2-5,10,16H,6-7,13H2,1H3,(H2,14,17)/t10-/m0/s1. The van der Waals surface area contributed by atoms with E-state index in [2.05, 4.69) is 0 Å². The zero-order valence-electron chi connectivity index (χ0n) is 10.2. The predicted molar refractivity (Wildman–Crippen MR) is 67.9 cm³/mol. The van der Waals surface area contributed by atoms with Crippen molar-refractivity contribution in [1.82, 2.24) is 0 Å². The second kappa shape index (κ2) is 6.02. The number of carbonyl (C=O) groups excluding carboxylic acids is 2. The van der Waals surface area contributed by atoms with Crippen LogP contribution in [0.2, 0.25) is 0 Å². The van der Waals surface area contributed by atoms with Crippen molar-refractivity contribution in [3.63, 3.8) is 0 Å². The van der Waals surface area contributed by atoms with Crippen LogP contribution in [0.5, 0.6) is 5.75 Å². The average molecular weight is 251 g/mol. The van der Waals surface area contributed by atoms with Gasteiger partial charge in [0.2, 0.25) is 11.8 Å². The Labute approximate surface area is 105 Å². The summed E-state index contributed by atoms with van der Waals surface area (Å²) < 4.78 is 0. The Bertz CT molecular complexity index is 431. The number of benzene rings is 1. The number of hydrogen-bond acceptors (Lipinski definition) is 4. The van der Waals surface area contributed by atoms with Crippen LogP contribution >= 0.6 is 0 Å². The summed E-state index contributed by atoms with van der Waals surface area (Å²) in [5.74, 6) is -0.662. The predicted octanol–water partition coefficient (Wildman–Crippen LogP) is -0.0522. The van der Waals surface area contributed by atoms with Crippen LogP contribution in [0.1, 0.15) is 12.8 Å². The maximum atomic E-state index is 11.9. The van der Waals surface area contributed by atoms with E-state index >= 15 is 0 Å². The van der Waals surface area contributed by atoms with Crippen LogP contribution in [0.15, 0.2) is 24.3 Å². The molecule has 0 bridgehead atoms. The van der Waals surface area contributed by atoms with Gasteiger partial charge in [-0.3, -0.25) is 9.59 Å². The molecule has 0 saturated heterocycles. The molecule has 0 unspecified atom stereocenters. The van der Waals surface area contributed by atoms with Gasteiger partial charge in [-0.05, 0) is 30.7 Å². The summed E-state index contributed by atoms with van der Waals surface area (Å²) in [6, 6.07) is 5.40. The van der Waals surface area contributed by atoms with Crippen molar-refractivity contribution in [2.24, 2.45) is 11.5 Å². The molecule has 1 atom stereocenters. The molecule has 5 N–H and O–H groups in total. The van der Waals surface area contributed by atoms with Crippen LogP contribution in [-0.2, 0) is 9.59 Å². The van der Waals surface area contributed by atoms with Gasteiger partial charge < -0.3 is 21.5 Å². The Kier molecular flexibility index (Phi) is 4.67. The zero-order valence-corrected chi connectivity index (χ0v) is 10.2. The number of carbonyl (C=O) groups is 2. The van der Waals surface area contributed by atoms with Crippen molar-refractivity contribution in [3.8, 4) is 5.75 Å². The van der Waals surface area contributed by atoms with Crippen molar-refractivity contribution < 1.29 is 14.7 Å². The molecule has 1 aromatic rings. The Morgan fingerprint density at radius 1 is 1.33 bits per heavy atom. The monoisotopic (exact) mass is 251 g/mol. The first-order valence-corrected chi connectivity index (χ1v) is 5.52. The third-order valence-corrected chi connectivity index (χ3v) is 2.59. The highest BCUT2D eigenvalue weighted by molar-refractivity contribution is 5.96. The first-order chi connectivity index (χ1) is 8.41. The second-order valence-corrected chi connectivity index (χ2v) is 4.03. The van der Waals surface area contributed by atoms with Crippen molar-refractivity contribution in [3.05, 3.63) is 24.3 Å². The molecule has 0 spiro atoms. The van der Waals surface area contributed by atoms with Gasteiger partial charge in [0.05, 0.1) is 6.04 Å². The number of aromatic hydroxyl groups is 1. The highest BCUT2D eigenvalue weighted by atomic mass is 16.3. The van der Waals surface area contributed by atoms with Gasteiger partial charge in [0.15, 0.2) is 0 Å². The molecule has 0 fully saturated rings. The lowest BCUT2D eigenvalue weighted by atomic mass is 10.1. The molecule has 0 aromatic heterocycles. The van der Waals surface area contributed by atoms with Crippen molar-refractivity contribution in [1.29, 1.82) is 0 Å². The fourth-order valence-electron chi connectivity index (χ4n) is 1.47. The van der Waals surface area contributed by atoms with Gasteiger partial charge in [-0.2, -0.15) is 0 Å². The first kappa shape index (κ1) is 14.0. The van der Waals surface area contributed by atoms with E-state index in [0.717, 1.165) is 0 Å². The molecule has 98 valence electrons. The Balaban J connectivity index is 2.65. The van der Waals surface area contributed by atoms with E-state index in [1.54, 1.807) is 19.2 Å². The normalized spacial score (nSPS) is 11.9. The minimum Gasteiger partial charge on any atom is -0.508 e. The van der Waals surface area contributed by atoms with Crippen LogP contribution in [0.4, 0.5) is 5.69 Å². The lowest BCUT2D eigenvalue weighted by molar-refractivity contribution is -0.120. The highest BCUT2D eigenvalue weighted by Crippen LogP contribution is 2.18. The summed E-state index contributed by atoms with van der Waals surface area (Å²) in [6.07, 6.45) is 0.299. The average Bonchev–Trinajstić information content (AvgIpc) is 2.35. The Morgan fingerprint density at radius 3 is 2.39 bits per heavy atom. The van der Waals surface area contributed by atoms with Gasteiger partial charge in [0, 0.05) is 19.2 Å². The van der Waals surface area contributed by atoms with E-state index in [1.807, 2.05) is 0 Å². The summed E-state index contributed by atoms with van der Waals surface area (Å²) in [5.41, 5.74) is 11.3. The molecule has 18 heavy (non-hydrogen) atoms. The second-order valence-electron chi connectivity index (χ2n) is 4.03. The third kappa shape index (κ3) is 3.74. The molecule has 0 aliphatic heterocycles. The minimum absolute atomic E-state index is 0.0797. The SMILES string of the molecule is CN(C(=O)[C@@H](N)CCC(N)=O)c1ccc(O)cc1. The summed E-state index contributed by atoms with van der Waals surface area (Å²) in [4.78, 5) is 23.9. The smallest absolute Gasteiger partial charge is 0.243 e. The molecule has 0 heterocycles. The van der Waals surface area contributed by atoms with E-state index < -0.39 is 11.9 Å². The summed E-state index contributed by atoms with van der Waals surface area (Å²) >= 11 is 0. The number of nitrogens with two attached hydrogens (primary N) is 2. The molecule has 1 rings (SSSR count). The number of hydrogen-bond donors (Lipinski definition) is 3. The van der Waals surface area contributed by atoms with Gasteiger partial charge in [-0.1, -0.05) is 0 Å². The summed E-state index contributed by atoms with van der Waals surface area (Å²) in [6.45, 7) is 0. The van der Waals surface area contributed by atoms with E-state index in [0.29, 0.717) is 5.69 Å². The largest absolute Gasteiger partial charge is 0.508 e. The first-order valence-electron chi connectivity index (χ1n) is 5.52. The Morgan fingerprint density at radius 2 is 1.89 bits per heavy atom. The fraction of sp³-hybridized carbons (Fsp3) is 0.333. The molecule has 0 radical (unpaired) electrons. The number of nitrogens with zero attached hydrogens (tertiary/aromatic N) is 1. The van der Waals surface area contributed by atoms with Gasteiger partial charge in [0.25, 0.3) is 0 Å². The van der Waals surface area contributed by atoms with Gasteiger partial charge in [-0.15, -0.1) is 0 Å². The van der Waals surface area contributed by atoms with E-state index in [9.17, 15) is 9.59 Å². The van der Waals surface area contributed by atoms with Gasteiger partial charge >= 0.3 is 0 Å². The molecule has 0 saturated carbocycles. The van der Waals surface area contributed by atoms with E-state index in [-0.39, 0.29) is 24.5 Å². The maximum Gasteiger partial charge on any atom is 0.243 e. The molecule has 6 heteroatoms. The molecule has 6 nitrogen and oxygen atoms in total. The minimum atomic E-state index is -0.767. The van der Waals surface area contributed by atoms with Crippen molar-refractivity contribution in [2.45, 2.75) is 18.9 Å². The highest BCUT2D eigenvalue weighted by Gasteiger charge is 2.19. The topological polar surface area (TPSA) is 110 Å². The molecule has 0 aliphatic rings. The summed E-state index contributed by atoms with van der Waals surface area (Å²) in [7, 11) is 1.58. The van der Waals surface area contributed by atoms with Gasteiger partial charge in [-0.25, -0.2) is 0 Å². The number of primary amides is 1. The van der Waals surface area contributed by atoms with Gasteiger partial charge in [0.1, 0.15) is 5.75 Å². The molecule has 2 amide bonds. The quantitative estimate of drug-likeness (QED) is 0.681. The van der Waals surface area contributed by atoms with E-state index in [1.165, 1.54) is 17.0 Å². The lowest BCUT2D eigenvalue weighted by Gasteiger charge is -2.21. The number of likely N-dealkylation sites (N-methyl/N-ethyl adjacent to an activating group) is 1. The number of phenols is 1. The van der Waals surface area contributed by atoms with Crippen molar-refractivity contribution >= 4 is 17.5 Å². The fourth-order valence-corrected chi connectivity index (χ4v) is 1.47. The zero-order chi connectivity index (χ0) is 13.7. The van der Waals surface area contributed by atoms with E-state index in [4.69, 9.17) is 16.6 Å². The molecular formula is C12H17N3O3. The van der Waals surface area contributed by atoms with Crippen LogP contribution < -0.4 is 16.4 Å². The molecular weight excluding hydrogens is 234 g/mol. The molecule has 1 aromatic carbocycles.